The van der Waals surface area contributed by atoms with E-state index < -0.39 is 0 Å². The number of rotatable bonds is 4. The fraction of sp³-hybridized carbons (Fsp3) is 0.611. The summed E-state index contributed by atoms with van der Waals surface area (Å²) in [6.45, 7) is 6.85. The molecule has 3 nitrogen and oxygen atoms in total. The highest BCUT2D eigenvalue weighted by molar-refractivity contribution is 5.77. The number of nitrogens with zero attached hydrogens (tertiary/aromatic N) is 1. The summed E-state index contributed by atoms with van der Waals surface area (Å²) in [7, 11) is 0. The first-order valence-corrected chi connectivity index (χ1v) is 8.24. The molecule has 0 atom stereocenters. The second-order valence-electron chi connectivity index (χ2n) is 6.80. The van der Waals surface area contributed by atoms with Gasteiger partial charge in [0.2, 0.25) is 0 Å². The van der Waals surface area contributed by atoms with Crippen molar-refractivity contribution in [1.82, 2.24) is 0 Å². The van der Waals surface area contributed by atoms with E-state index in [-0.39, 0.29) is 11.4 Å². The van der Waals surface area contributed by atoms with Crippen LogP contribution in [0, 0.1) is 5.41 Å². The zero-order valence-electron chi connectivity index (χ0n) is 13.0. The maximum Gasteiger partial charge on any atom is 0.317 e. The SMILES string of the molecule is CCOC(=O)C12CCC[N+](Cc3ccccc3)(CCC1)C2. The summed E-state index contributed by atoms with van der Waals surface area (Å²) < 4.78 is 6.48. The van der Waals surface area contributed by atoms with Crippen molar-refractivity contribution < 1.29 is 14.0 Å². The van der Waals surface area contributed by atoms with Crippen LogP contribution in [0.15, 0.2) is 30.3 Å². The Bertz CT molecular complexity index is 487. The molecule has 1 aromatic carbocycles. The van der Waals surface area contributed by atoms with Crippen LogP contribution in [0.25, 0.3) is 0 Å². The second-order valence-corrected chi connectivity index (χ2v) is 6.80. The van der Waals surface area contributed by atoms with E-state index in [9.17, 15) is 4.79 Å². The Morgan fingerprint density at radius 2 is 1.86 bits per heavy atom. The first-order chi connectivity index (χ1) is 10.2. The number of carbonyl (C=O) groups excluding carboxylic acids is 1. The molecule has 3 rings (SSSR count). The van der Waals surface area contributed by atoms with E-state index in [2.05, 4.69) is 30.3 Å². The van der Waals surface area contributed by atoms with Crippen LogP contribution in [-0.2, 0) is 16.1 Å². The minimum atomic E-state index is -0.207. The van der Waals surface area contributed by atoms with Gasteiger partial charge in [-0.05, 0) is 32.6 Å². The Labute approximate surface area is 127 Å². The molecule has 2 bridgehead atoms. The molecular weight excluding hydrogens is 262 g/mol. The molecule has 21 heavy (non-hydrogen) atoms. The average Bonchev–Trinajstić information content (AvgIpc) is 2.48. The molecule has 2 fully saturated rings. The number of benzene rings is 1. The predicted molar refractivity (Wildman–Crippen MR) is 82.5 cm³/mol. The summed E-state index contributed by atoms with van der Waals surface area (Å²) in [6, 6.07) is 10.7. The summed E-state index contributed by atoms with van der Waals surface area (Å²) in [6.07, 6.45) is 4.32. The van der Waals surface area contributed by atoms with Crippen molar-refractivity contribution in [2.24, 2.45) is 5.41 Å². The summed E-state index contributed by atoms with van der Waals surface area (Å²) in [5.74, 6) is 0.0555. The maximum atomic E-state index is 12.5. The zero-order valence-corrected chi connectivity index (χ0v) is 13.0. The largest absolute Gasteiger partial charge is 0.465 e. The lowest BCUT2D eigenvalue weighted by Crippen LogP contribution is -2.63. The van der Waals surface area contributed by atoms with Gasteiger partial charge in [0.25, 0.3) is 0 Å². The molecule has 0 N–H and O–H groups in total. The third kappa shape index (κ3) is 2.84. The highest BCUT2D eigenvalue weighted by Gasteiger charge is 2.53. The fourth-order valence-corrected chi connectivity index (χ4v) is 4.44. The first kappa shape index (κ1) is 14.6. The third-order valence-electron chi connectivity index (χ3n) is 5.28. The van der Waals surface area contributed by atoms with Crippen LogP contribution >= 0.6 is 0 Å². The molecular formula is C18H26NO2+. The van der Waals surface area contributed by atoms with Crippen molar-refractivity contribution in [2.45, 2.75) is 39.2 Å². The van der Waals surface area contributed by atoms with Gasteiger partial charge in [0.1, 0.15) is 12.0 Å². The monoisotopic (exact) mass is 288 g/mol. The molecule has 0 radical (unpaired) electrons. The lowest BCUT2D eigenvalue weighted by Gasteiger charge is -2.52. The highest BCUT2D eigenvalue weighted by atomic mass is 16.5. The summed E-state index contributed by atoms with van der Waals surface area (Å²) >= 11 is 0. The van der Waals surface area contributed by atoms with Crippen molar-refractivity contribution in [2.75, 3.05) is 26.2 Å². The summed E-state index contributed by atoms with van der Waals surface area (Å²) in [5, 5.41) is 0. The van der Waals surface area contributed by atoms with Gasteiger partial charge in [-0.2, -0.15) is 0 Å². The summed E-state index contributed by atoms with van der Waals surface area (Å²) in [5.41, 5.74) is 1.18. The van der Waals surface area contributed by atoms with E-state index in [1.807, 2.05) is 6.92 Å². The number of carbonyl (C=O) groups is 1. The van der Waals surface area contributed by atoms with E-state index >= 15 is 0 Å². The first-order valence-electron chi connectivity index (χ1n) is 8.24. The van der Waals surface area contributed by atoms with Gasteiger partial charge >= 0.3 is 5.97 Å². The van der Waals surface area contributed by atoms with E-state index in [0.29, 0.717) is 6.61 Å². The Kier molecular flexibility index (Phi) is 4.03. The van der Waals surface area contributed by atoms with Crippen molar-refractivity contribution >= 4 is 5.97 Å². The van der Waals surface area contributed by atoms with Gasteiger partial charge in [0.15, 0.2) is 0 Å². The Morgan fingerprint density at radius 1 is 1.19 bits per heavy atom. The van der Waals surface area contributed by atoms with Gasteiger partial charge in [-0.3, -0.25) is 4.79 Å². The molecule has 0 spiro atoms. The van der Waals surface area contributed by atoms with Gasteiger partial charge in [-0.1, -0.05) is 30.3 Å². The third-order valence-corrected chi connectivity index (χ3v) is 5.28. The van der Waals surface area contributed by atoms with Crippen molar-refractivity contribution in [3.8, 4) is 0 Å². The van der Waals surface area contributed by atoms with Crippen LogP contribution in [0.3, 0.4) is 0 Å². The molecule has 3 heteroatoms. The molecule has 114 valence electrons. The number of piperidine rings is 2. The van der Waals surface area contributed by atoms with E-state index in [0.717, 1.165) is 43.3 Å². The maximum absolute atomic E-state index is 12.5. The minimum absolute atomic E-state index is 0.0555. The number of esters is 1. The number of hydrogen-bond acceptors (Lipinski definition) is 2. The molecule has 0 aliphatic carbocycles. The molecule has 2 aliphatic rings. The standard InChI is InChI=1S/C18H26NO2/c1-2-21-17(20)18-10-6-12-19(15-18,13-7-11-18)14-16-8-4-3-5-9-16/h3-5,8-9H,2,6-7,10-15H2,1H3/q+1. The normalized spacial score (nSPS) is 31.7. The molecule has 0 unspecified atom stereocenters. The fourth-order valence-electron chi connectivity index (χ4n) is 4.44. The van der Waals surface area contributed by atoms with Crippen LogP contribution in [0.1, 0.15) is 38.2 Å². The van der Waals surface area contributed by atoms with Crippen LogP contribution in [0.2, 0.25) is 0 Å². The molecule has 0 amide bonds. The average molecular weight is 288 g/mol. The van der Waals surface area contributed by atoms with Crippen molar-refractivity contribution in [3.63, 3.8) is 0 Å². The predicted octanol–water partition coefficient (Wildman–Crippen LogP) is 3.14. The molecule has 2 saturated heterocycles. The highest BCUT2D eigenvalue weighted by Crippen LogP contribution is 2.44. The van der Waals surface area contributed by atoms with E-state index in [1.54, 1.807) is 0 Å². The van der Waals surface area contributed by atoms with Crippen LogP contribution < -0.4 is 0 Å². The smallest absolute Gasteiger partial charge is 0.317 e. The number of ether oxygens (including phenoxy) is 1. The van der Waals surface area contributed by atoms with Gasteiger partial charge in [-0.25, -0.2) is 0 Å². The number of quaternary nitrogens is 1. The summed E-state index contributed by atoms with van der Waals surface area (Å²) in [4.78, 5) is 12.5. The minimum Gasteiger partial charge on any atom is -0.465 e. The van der Waals surface area contributed by atoms with Crippen molar-refractivity contribution in [1.29, 1.82) is 0 Å². The second kappa shape index (κ2) is 5.80. The van der Waals surface area contributed by atoms with Crippen LogP contribution in [-0.4, -0.2) is 36.7 Å². The molecule has 2 heterocycles. The lowest BCUT2D eigenvalue weighted by molar-refractivity contribution is -0.956. The Balaban J connectivity index is 1.81. The Morgan fingerprint density at radius 3 is 2.48 bits per heavy atom. The number of fused-ring (bicyclic) bond motifs is 2. The van der Waals surface area contributed by atoms with Gasteiger partial charge in [0, 0.05) is 5.56 Å². The van der Waals surface area contributed by atoms with Gasteiger partial charge in [0.05, 0.1) is 26.2 Å². The lowest BCUT2D eigenvalue weighted by atomic mass is 9.72. The van der Waals surface area contributed by atoms with Crippen LogP contribution in [0.5, 0.6) is 0 Å². The molecule has 0 saturated carbocycles. The van der Waals surface area contributed by atoms with E-state index in [1.165, 1.54) is 18.7 Å². The van der Waals surface area contributed by atoms with Gasteiger partial charge in [-0.15, -0.1) is 0 Å². The topological polar surface area (TPSA) is 26.3 Å². The molecule has 1 aromatic rings. The quantitative estimate of drug-likeness (QED) is 0.628. The van der Waals surface area contributed by atoms with E-state index in [4.69, 9.17) is 4.74 Å². The van der Waals surface area contributed by atoms with Crippen molar-refractivity contribution in [3.05, 3.63) is 35.9 Å². The van der Waals surface area contributed by atoms with Crippen LogP contribution in [0.4, 0.5) is 0 Å². The molecule has 2 aliphatic heterocycles. The Hall–Kier alpha value is -1.35. The molecule has 0 aromatic heterocycles. The number of hydrogen-bond donors (Lipinski definition) is 0. The van der Waals surface area contributed by atoms with Gasteiger partial charge < -0.3 is 9.22 Å². The zero-order chi connectivity index (χ0) is 14.8.